The van der Waals surface area contributed by atoms with Crippen LogP contribution in [-0.4, -0.2) is 52.1 Å². The van der Waals surface area contributed by atoms with Crippen LogP contribution in [0, 0.1) is 16.0 Å². The molecule has 0 saturated carbocycles. The van der Waals surface area contributed by atoms with Crippen LogP contribution in [0.1, 0.15) is 33.6 Å². The van der Waals surface area contributed by atoms with E-state index in [0.717, 1.165) is 28.0 Å². The van der Waals surface area contributed by atoms with Gasteiger partial charge in [-0.3, -0.25) is 33.9 Å². The fourth-order valence-electron chi connectivity index (χ4n) is 5.65. The van der Waals surface area contributed by atoms with Gasteiger partial charge in [0.2, 0.25) is 17.7 Å². The number of imide groups is 1. The predicted octanol–water partition coefficient (Wildman–Crippen LogP) is 4.44. The third-order valence-corrected chi connectivity index (χ3v) is 10.4. The molecule has 240 valence electrons. The molecule has 13 nitrogen and oxygen atoms in total. The zero-order valence-electron chi connectivity index (χ0n) is 24.9. The Bertz CT molecular complexity index is 1950. The van der Waals surface area contributed by atoms with Crippen LogP contribution in [0.25, 0.3) is 0 Å². The molecule has 4 aromatic rings. The third-order valence-electron chi connectivity index (χ3n) is 7.82. The summed E-state index contributed by atoms with van der Waals surface area (Å²) in [6.45, 7) is 1.56. The number of nitro groups is 1. The Balaban J connectivity index is 1.33. The molecule has 1 fully saturated rings. The number of thiazole rings is 1. The fourth-order valence-corrected chi connectivity index (χ4v) is 8.42. The number of methoxy groups -OCH3 is 1. The molecule has 1 saturated heterocycles. The first-order valence-electron chi connectivity index (χ1n) is 14.3. The van der Waals surface area contributed by atoms with E-state index < -0.39 is 50.6 Å². The van der Waals surface area contributed by atoms with Crippen LogP contribution in [0.3, 0.4) is 0 Å². The second kappa shape index (κ2) is 12.8. The first-order chi connectivity index (χ1) is 22.6. The number of rotatable bonds is 9. The summed E-state index contributed by atoms with van der Waals surface area (Å²) in [5.74, 6) is -3.03. The molecule has 15 heteroatoms. The monoisotopic (exact) mass is 674 g/mol. The number of nitro benzene ring substituents is 1. The summed E-state index contributed by atoms with van der Waals surface area (Å²) in [5.41, 5.74) is 1.41. The Kier molecular flexibility index (Phi) is 8.66. The number of hydrogen-bond donors (Lipinski definition) is 1. The predicted molar refractivity (Wildman–Crippen MR) is 173 cm³/mol. The molecule has 1 aromatic heterocycles. The Morgan fingerprint density at radius 2 is 1.64 bits per heavy atom. The van der Waals surface area contributed by atoms with Crippen molar-refractivity contribution in [1.29, 1.82) is 0 Å². The lowest BCUT2D eigenvalue weighted by atomic mass is 9.83. The molecule has 0 spiro atoms. The highest BCUT2D eigenvalue weighted by Crippen LogP contribution is 2.54. The normalized spacial score (nSPS) is 18.3. The average Bonchev–Trinajstić information content (AvgIpc) is 3.51. The minimum absolute atomic E-state index is 0.185. The minimum Gasteiger partial charge on any atom is -0.497 e. The first-order valence-corrected chi connectivity index (χ1v) is 16.0. The van der Waals surface area contributed by atoms with Crippen LogP contribution in [0.4, 0.5) is 17.1 Å². The molecule has 0 bridgehead atoms. The average molecular weight is 675 g/mol. The van der Waals surface area contributed by atoms with Gasteiger partial charge in [0.15, 0.2) is 0 Å². The molecule has 0 unspecified atom stereocenters. The van der Waals surface area contributed by atoms with Crippen LogP contribution in [-0.2, 0) is 25.7 Å². The van der Waals surface area contributed by atoms with Crippen molar-refractivity contribution in [3.63, 3.8) is 0 Å². The van der Waals surface area contributed by atoms with Gasteiger partial charge < -0.3 is 14.8 Å². The standard InChI is InChI=1S/C32H26N4O9S2/c1-3-45-31(40)18-4-8-19(9-5-18)33-23(37)16-34-30-27(47-32(34)41)24(17-6-14-22(44-2)15-7-17)25-26(46-30)29(39)35(28(25)38)20-10-12-21(13-11-20)36(42)43/h4-15,24-26H,3,16H2,1-2H3,(H,33,37)/t24-,25+,26-/m0/s1. The number of nitrogens with one attached hydrogen (secondary N) is 1. The summed E-state index contributed by atoms with van der Waals surface area (Å²) >= 11 is 1.96. The van der Waals surface area contributed by atoms with Gasteiger partial charge in [-0.25, -0.2) is 9.69 Å². The maximum atomic E-state index is 14.0. The highest BCUT2D eigenvalue weighted by Gasteiger charge is 2.56. The van der Waals surface area contributed by atoms with Crippen molar-refractivity contribution in [2.24, 2.45) is 5.92 Å². The van der Waals surface area contributed by atoms with Gasteiger partial charge in [0.05, 0.1) is 40.8 Å². The molecule has 2 aliphatic heterocycles. The molecule has 1 N–H and O–H groups in total. The summed E-state index contributed by atoms with van der Waals surface area (Å²) < 4.78 is 11.6. The smallest absolute Gasteiger partial charge is 0.338 e. The lowest BCUT2D eigenvalue weighted by Crippen LogP contribution is -2.33. The largest absolute Gasteiger partial charge is 0.497 e. The van der Waals surface area contributed by atoms with E-state index >= 15 is 0 Å². The van der Waals surface area contributed by atoms with Crippen LogP contribution in [0.5, 0.6) is 5.75 Å². The Labute approximate surface area is 275 Å². The molecule has 47 heavy (non-hydrogen) atoms. The van der Waals surface area contributed by atoms with Crippen LogP contribution < -0.4 is 19.8 Å². The maximum absolute atomic E-state index is 14.0. The zero-order chi connectivity index (χ0) is 33.4. The molecule has 3 aromatic carbocycles. The summed E-state index contributed by atoms with van der Waals surface area (Å²) in [7, 11) is 1.52. The lowest BCUT2D eigenvalue weighted by molar-refractivity contribution is -0.384. The zero-order valence-corrected chi connectivity index (χ0v) is 26.5. The Morgan fingerprint density at radius 1 is 0.957 bits per heavy atom. The van der Waals surface area contributed by atoms with Gasteiger partial charge in [0.1, 0.15) is 17.5 Å². The van der Waals surface area contributed by atoms with Gasteiger partial charge in [0.25, 0.3) is 5.69 Å². The molecule has 3 heterocycles. The Morgan fingerprint density at radius 3 is 2.26 bits per heavy atom. The number of esters is 1. The van der Waals surface area contributed by atoms with E-state index in [1.165, 1.54) is 48.1 Å². The number of hydrogen-bond acceptors (Lipinski definition) is 11. The molecule has 6 rings (SSSR count). The maximum Gasteiger partial charge on any atom is 0.338 e. The second-order valence-electron chi connectivity index (χ2n) is 10.6. The van der Waals surface area contributed by atoms with E-state index in [4.69, 9.17) is 9.47 Å². The van der Waals surface area contributed by atoms with Gasteiger partial charge in [-0.2, -0.15) is 0 Å². The number of carbonyl (C=O) groups excluding carboxylic acids is 4. The molecular formula is C32H26N4O9S2. The van der Waals surface area contributed by atoms with Crippen molar-refractivity contribution in [1.82, 2.24) is 4.57 Å². The van der Waals surface area contributed by atoms with Crippen molar-refractivity contribution >= 4 is 63.9 Å². The van der Waals surface area contributed by atoms with E-state index in [9.17, 15) is 34.1 Å². The summed E-state index contributed by atoms with van der Waals surface area (Å²) in [6, 6.07) is 18.3. The van der Waals surface area contributed by atoms with E-state index in [2.05, 4.69) is 5.32 Å². The minimum atomic E-state index is -0.934. The second-order valence-corrected chi connectivity index (χ2v) is 12.7. The van der Waals surface area contributed by atoms with Crippen LogP contribution in [0.15, 0.2) is 82.6 Å². The van der Waals surface area contributed by atoms with Gasteiger partial charge in [-0.15, -0.1) is 0 Å². The van der Waals surface area contributed by atoms with Gasteiger partial charge in [-0.1, -0.05) is 35.2 Å². The van der Waals surface area contributed by atoms with E-state index in [1.54, 1.807) is 43.3 Å². The van der Waals surface area contributed by atoms with Gasteiger partial charge in [0, 0.05) is 28.6 Å². The fraction of sp³-hybridized carbons (Fsp3) is 0.219. The van der Waals surface area contributed by atoms with Gasteiger partial charge in [-0.05, 0) is 61.0 Å². The highest BCUT2D eigenvalue weighted by atomic mass is 32.2. The number of anilines is 2. The summed E-state index contributed by atoms with van der Waals surface area (Å²) in [5, 5.41) is 13.4. The molecule has 2 aliphatic rings. The lowest BCUT2D eigenvalue weighted by Gasteiger charge is -2.30. The van der Waals surface area contributed by atoms with E-state index in [0.29, 0.717) is 32.5 Å². The summed E-state index contributed by atoms with van der Waals surface area (Å²) in [6.07, 6.45) is 0. The van der Waals surface area contributed by atoms with E-state index in [-0.39, 0.29) is 24.5 Å². The van der Waals surface area contributed by atoms with Crippen molar-refractivity contribution < 1.29 is 33.6 Å². The number of thioether (sulfide) groups is 1. The number of ether oxygens (including phenoxy) is 2. The number of carbonyl (C=O) groups is 4. The highest BCUT2D eigenvalue weighted by molar-refractivity contribution is 8.00. The number of fused-ring (bicyclic) bond motifs is 2. The molecule has 0 radical (unpaired) electrons. The van der Waals surface area contributed by atoms with Crippen molar-refractivity contribution in [2.75, 3.05) is 23.9 Å². The van der Waals surface area contributed by atoms with Gasteiger partial charge >= 0.3 is 10.8 Å². The van der Waals surface area contributed by atoms with Crippen LogP contribution in [0.2, 0.25) is 0 Å². The molecular weight excluding hydrogens is 649 g/mol. The number of aromatic nitrogens is 1. The SMILES string of the molecule is CCOC(=O)c1ccc(NC(=O)Cn2c3c(sc2=O)[C@@H](c2ccc(OC)cc2)[C@H]2C(=O)N(c4ccc([N+](=O)[O-])cc4)C(=O)[C@H]2S3)cc1. The number of benzene rings is 3. The summed E-state index contributed by atoms with van der Waals surface area (Å²) in [4.78, 5) is 78.2. The number of amides is 3. The quantitative estimate of drug-likeness (QED) is 0.116. The molecule has 0 aliphatic carbocycles. The van der Waals surface area contributed by atoms with Crippen LogP contribution >= 0.6 is 23.1 Å². The van der Waals surface area contributed by atoms with Crippen molar-refractivity contribution in [3.8, 4) is 5.75 Å². The van der Waals surface area contributed by atoms with Crippen molar-refractivity contribution in [3.05, 3.63) is 109 Å². The Hall–Kier alpha value is -5.28. The first kappa shape index (κ1) is 31.7. The van der Waals surface area contributed by atoms with E-state index in [1.807, 2.05) is 0 Å². The topological polar surface area (TPSA) is 167 Å². The molecule has 3 amide bonds. The molecule has 3 atom stereocenters. The van der Waals surface area contributed by atoms with Crippen molar-refractivity contribution in [2.45, 2.75) is 29.7 Å². The number of non-ortho nitro benzene ring substituents is 1. The number of nitrogens with zero attached hydrogens (tertiary/aromatic N) is 3. The third kappa shape index (κ3) is 5.90.